The summed E-state index contributed by atoms with van der Waals surface area (Å²) in [6.45, 7) is 1.23. The molecule has 5 unspecified atom stereocenters. The maximum absolute atomic E-state index is 13.5. The van der Waals surface area contributed by atoms with Gasteiger partial charge in [0, 0.05) is 23.5 Å². The first-order chi connectivity index (χ1) is 20.0. The summed E-state index contributed by atoms with van der Waals surface area (Å²) in [6, 6.07) is 8.86. The molecule has 0 radical (unpaired) electrons. The molecule has 1 aromatic heterocycles. The molecule has 0 aliphatic rings. The Bertz CT molecular complexity index is 1380. The minimum atomic E-state index is -1.57. The summed E-state index contributed by atoms with van der Waals surface area (Å²) < 4.78 is 0. The highest BCUT2D eigenvalue weighted by Crippen LogP contribution is 2.19. The third kappa shape index (κ3) is 8.96. The van der Waals surface area contributed by atoms with Gasteiger partial charge in [0.05, 0.1) is 12.1 Å². The summed E-state index contributed by atoms with van der Waals surface area (Å²) in [7, 11) is 0. The molecule has 5 atom stereocenters. The zero-order chi connectivity index (χ0) is 30.8. The molecule has 3 rings (SSSR count). The molecule has 0 saturated heterocycles. The van der Waals surface area contributed by atoms with Crippen molar-refractivity contribution in [3.8, 4) is 5.75 Å². The topological polar surface area (TPSA) is 207 Å². The first-order valence-corrected chi connectivity index (χ1v) is 14.8. The number of amides is 3. The van der Waals surface area contributed by atoms with Crippen LogP contribution in [-0.2, 0) is 32.0 Å². The number of nitrogens with one attached hydrogen (secondary N) is 4. The number of H-pyrrole nitrogens is 1. The molecular formula is C29H37N5O7S. The number of aliphatic hydroxyl groups is 1. The van der Waals surface area contributed by atoms with E-state index in [2.05, 4.69) is 20.9 Å². The van der Waals surface area contributed by atoms with Gasteiger partial charge in [-0.25, -0.2) is 4.79 Å². The molecule has 3 amide bonds. The van der Waals surface area contributed by atoms with E-state index in [4.69, 9.17) is 5.73 Å². The van der Waals surface area contributed by atoms with Crippen LogP contribution in [0.1, 0.15) is 24.5 Å². The van der Waals surface area contributed by atoms with Crippen molar-refractivity contribution in [1.29, 1.82) is 0 Å². The van der Waals surface area contributed by atoms with Gasteiger partial charge in [0.1, 0.15) is 17.8 Å². The number of nitrogens with two attached hydrogens (primary N) is 1. The standard InChI is InChI=1S/C29H37N5O7S/c1-16(35)25(29(40)41)34-27(38)23(11-12-42-2)32-28(39)24(13-17-7-9-19(36)10-8-17)33-26(37)21(30)14-18-15-31-22-6-4-3-5-20(18)22/h3-10,15-16,21,23-25,31,35-36H,11-14,30H2,1-2H3,(H,32,39)(H,33,37)(H,34,38)(H,40,41). The number of fused-ring (bicyclic) bond motifs is 1. The van der Waals surface area contributed by atoms with Gasteiger partial charge in [-0.15, -0.1) is 0 Å². The summed E-state index contributed by atoms with van der Waals surface area (Å²) in [4.78, 5) is 54.4. The van der Waals surface area contributed by atoms with E-state index in [0.717, 1.165) is 16.5 Å². The third-order valence-corrected chi connectivity index (χ3v) is 7.39. The fourth-order valence-electron chi connectivity index (χ4n) is 4.41. The highest BCUT2D eigenvalue weighted by atomic mass is 32.2. The average molecular weight is 600 g/mol. The van der Waals surface area contributed by atoms with Crippen LogP contribution in [0.3, 0.4) is 0 Å². The van der Waals surface area contributed by atoms with Gasteiger partial charge in [-0.2, -0.15) is 11.8 Å². The largest absolute Gasteiger partial charge is 0.508 e. The molecule has 13 heteroatoms. The maximum atomic E-state index is 13.5. The Morgan fingerprint density at radius 1 is 0.929 bits per heavy atom. The number of carboxylic acids is 1. The van der Waals surface area contributed by atoms with E-state index in [0.29, 0.717) is 11.3 Å². The molecular weight excluding hydrogens is 562 g/mol. The van der Waals surface area contributed by atoms with E-state index in [1.807, 2.05) is 30.5 Å². The van der Waals surface area contributed by atoms with E-state index in [1.165, 1.54) is 30.8 Å². The SMILES string of the molecule is CSCCC(NC(=O)C(Cc1ccc(O)cc1)NC(=O)C(N)Cc1c[nH]c2ccccc12)C(=O)NC(C(=O)O)C(C)O. The molecule has 0 aliphatic carbocycles. The molecule has 0 aliphatic heterocycles. The number of carboxylic acid groups (broad SMARTS) is 1. The van der Waals surface area contributed by atoms with Crippen molar-refractivity contribution in [1.82, 2.24) is 20.9 Å². The number of phenolic OH excluding ortho intramolecular Hbond substituents is 1. The first-order valence-electron chi connectivity index (χ1n) is 13.4. The lowest BCUT2D eigenvalue weighted by Crippen LogP contribution is -2.58. The van der Waals surface area contributed by atoms with Gasteiger partial charge < -0.3 is 42.0 Å². The van der Waals surface area contributed by atoms with Crippen molar-refractivity contribution in [3.05, 3.63) is 65.9 Å². The second kappa shape index (κ2) is 15.2. The first kappa shape index (κ1) is 32.4. The van der Waals surface area contributed by atoms with Gasteiger partial charge >= 0.3 is 5.97 Å². The van der Waals surface area contributed by atoms with Crippen LogP contribution >= 0.6 is 11.8 Å². The number of aromatic hydroxyl groups is 1. The lowest BCUT2D eigenvalue weighted by molar-refractivity contribution is -0.145. The van der Waals surface area contributed by atoms with Gasteiger partial charge in [0.25, 0.3) is 0 Å². The third-order valence-electron chi connectivity index (χ3n) is 6.75. The Morgan fingerprint density at radius 2 is 1.57 bits per heavy atom. The molecule has 9 N–H and O–H groups in total. The smallest absolute Gasteiger partial charge is 0.328 e. The summed E-state index contributed by atoms with van der Waals surface area (Å²) in [5.74, 6) is -2.96. The summed E-state index contributed by atoms with van der Waals surface area (Å²) in [6.07, 6.45) is 2.63. The number of carbonyl (C=O) groups is 4. The van der Waals surface area contributed by atoms with Gasteiger partial charge in [-0.1, -0.05) is 30.3 Å². The van der Waals surface area contributed by atoms with Gasteiger partial charge in [0.2, 0.25) is 17.7 Å². The summed E-state index contributed by atoms with van der Waals surface area (Å²) in [5, 5.41) is 37.3. The number of benzene rings is 2. The van der Waals surface area contributed by atoms with Crippen LogP contribution < -0.4 is 21.7 Å². The molecule has 1 heterocycles. The minimum Gasteiger partial charge on any atom is -0.508 e. The van der Waals surface area contributed by atoms with Crippen LogP contribution in [-0.4, -0.2) is 86.3 Å². The van der Waals surface area contributed by atoms with Crippen LogP contribution in [0.2, 0.25) is 0 Å². The van der Waals surface area contributed by atoms with E-state index in [-0.39, 0.29) is 25.0 Å². The summed E-state index contributed by atoms with van der Waals surface area (Å²) >= 11 is 1.43. The number of aliphatic hydroxyl groups excluding tert-OH is 1. The van der Waals surface area contributed by atoms with Crippen molar-refractivity contribution >= 4 is 46.4 Å². The van der Waals surface area contributed by atoms with Crippen molar-refractivity contribution in [2.75, 3.05) is 12.0 Å². The number of para-hydroxylation sites is 1. The zero-order valence-corrected chi connectivity index (χ0v) is 24.2. The molecule has 12 nitrogen and oxygen atoms in total. The number of aliphatic carboxylic acids is 1. The van der Waals surface area contributed by atoms with Crippen LogP contribution in [0.5, 0.6) is 5.75 Å². The molecule has 0 fully saturated rings. The van der Waals surface area contributed by atoms with Gasteiger partial charge in [0.15, 0.2) is 6.04 Å². The molecule has 0 spiro atoms. The highest BCUT2D eigenvalue weighted by molar-refractivity contribution is 7.98. The quantitative estimate of drug-likeness (QED) is 0.123. The van der Waals surface area contributed by atoms with E-state index in [9.17, 15) is 34.5 Å². The van der Waals surface area contributed by atoms with Gasteiger partial charge in [-0.05, 0) is 61.1 Å². The number of phenols is 1. The van der Waals surface area contributed by atoms with Crippen LogP contribution in [0.25, 0.3) is 10.9 Å². The summed E-state index contributed by atoms with van der Waals surface area (Å²) in [5.41, 5.74) is 8.62. The molecule has 0 bridgehead atoms. The Balaban J connectivity index is 1.78. The van der Waals surface area contributed by atoms with Crippen molar-refractivity contribution in [2.45, 2.75) is 56.5 Å². The Kier molecular flexibility index (Phi) is 11.8. The maximum Gasteiger partial charge on any atom is 0.328 e. The van der Waals surface area contributed by atoms with Crippen molar-refractivity contribution < 1.29 is 34.5 Å². The number of aromatic amines is 1. The molecule has 3 aromatic rings. The molecule has 42 heavy (non-hydrogen) atoms. The number of thioether (sulfide) groups is 1. The lowest BCUT2D eigenvalue weighted by atomic mass is 10.0. The van der Waals surface area contributed by atoms with E-state index >= 15 is 0 Å². The van der Waals surface area contributed by atoms with Crippen LogP contribution in [0, 0.1) is 0 Å². The van der Waals surface area contributed by atoms with E-state index in [1.54, 1.807) is 18.3 Å². The second-order valence-electron chi connectivity index (χ2n) is 10.0. The predicted molar refractivity (Wildman–Crippen MR) is 160 cm³/mol. The number of hydrogen-bond acceptors (Lipinski definition) is 8. The average Bonchev–Trinajstić information content (AvgIpc) is 3.36. The highest BCUT2D eigenvalue weighted by Gasteiger charge is 2.32. The number of hydrogen-bond donors (Lipinski definition) is 8. The monoisotopic (exact) mass is 599 g/mol. The van der Waals surface area contributed by atoms with Gasteiger partial charge in [-0.3, -0.25) is 14.4 Å². The number of rotatable bonds is 15. The predicted octanol–water partition coefficient (Wildman–Crippen LogP) is 0.659. The molecule has 226 valence electrons. The number of aromatic nitrogens is 1. The second-order valence-corrected chi connectivity index (χ2v) is 11.0. The molecule has 2 aromatic carbocycles. The Hall–Kier alpha value is -4.07. The van der Waals surface area contributed by atoms with Crippen molar-refractivity contribution in [2.24, 2.45) is 5.73 Å². The minimum absolute atomic E-state index is 0.0277. The molecule has 0 saturated carbocycles. The van der Waals surface area contributed by atoms with Crippen molar-refractivity contribution in [3.63, 3.8) is 0 Å². The fourth-order valence-corrected chi connectivity index (χ4v) is 4.88. The van der Waals surface area contributed by atoms with E-state index < -0.39 is 54.0 Å². The Labute approximate surface area is 247 Å². The fraction of sp³-hybridized carbons (Fsp3) is 0.379. The van der Waals surface area contributed by atoms with Crippen LogP contribution in [0.4, 0.5) is 0 Å². The Morgan fingerprint density at radius 3 is 2.21 bits per heavy atom. The number of carbonyl (C=O) groups excluding carboxylic acids is 3. The van der Waals surface area contributed by atoms with Crippen LogP contribution in [0.15, 0.2) is 54.7 Å². The lowest BCUT2D eigenvalue weighted by Gasteiger charge is -2.26. The zero-order valence-electron chi connectivity index (χ0n) is 23.4. The normalized spacial score (nSPS) is 14.8.